The smallest absolute Gasteiger partial charge is 0.191 e. The Kier molecular flexibility index (Phi) is 6.50. The molecule has 1 saturated carbocycles. The lowest BCUT2D eigenvalue weighted by Crippen LogP contribution is -2.50. The number of guanidine groups is 1. The van der Waals surface area contributed by atoms with Gasteiger partial charge < -0.3 is 15.4 Å². The van der Waals surface area contributed by atoms with Crippen molar-refractivity contribution in [3.8, 4) is 0 Å². The third-order valence-corrected chi connectivity index (χ3v) is 6.39. The number of aliphatic imine (C=N–C) groups is 1. The van der Waals surface area contributed by atoms with Gasteiger partial charge in [-0.05, 0) is 31.4 Å². The summed E-state index contributed by atoms with van der Waals surface area (Å²) in [6, 6.07) is 4.26. The van der Waals surface area contributed by atoms with Gasteiger partial charge in [-0.25, -0.2) is 18.4 Å². The molecule has 31 heavy (non-hydrogen) atoms. The molecule has 0 amide bonds. The van der Waals surface area contributed by atoms with E-state index >= 15 is 0 Å². The van der Waals surface area contributed by atoms with Crippen molar-refractivity contribution < 1.29 is 13.5 Å². The zero-order valence-corrected chi connectivity index (χ0v) is 18.1. The Morgan fingerprint density at radius 3 is 2.71 bits per heavy atom. The summed E-state index contributed by atoms with van der Waals surface area (Å²) < 4.78 is 36.2. The fourth-order valence-electron chi connectivity index (χ4n) is 4.88. The predicted molar refractivity (Wildman–Crippen MR) is 114 cm³/mol. The second-order valence-electron chi connectivity index (χ2n) is 8.45. The Hall–Kier alpha value is -2.55. The zero-order valence-electron chi connectivity index (χ0n) is 18.1. The number of ether oxygens (including phenoxy) is 1. The molecule has 2 aromatic rings. The summed E-state index contributed by atoms with van der Waals surface area (Å²) in [6.07, 6.45) is 5.15. The Morgan fingerprint density at radius 2 is 2.03 bits per heavy atom. The molecule has 2 aliphatic rings. The van der Waals surface area contributed by atoms with Crippen LogP contribution in [-0.2, 0) is 29.7 Å². The van der Waals surface area contributed by atoms with E-state index in [1.807, 2.05) is 4.68 Å². The Balaban J connectivity index is 1.42. The quantitative estimate of drug-likeness (QED) is 0.542. The van der Waals surface area contributed by atoms with Crippen molar-refractivity contribution in [3.05, 3.63) is 47.0 Å². The van der Waals surface area contributed by atoms with Gasteiger partial charge in [-0.2, -0.15) is 5.10 Å². The summed E-state index contributed by atoms with van der Waals surface area (Å²) in [6.45, 7) is 1.51. The fraction of sp³-hybridized carbons (Fsp3) is 0.591. The number of halogens is 2. The van der Waals surface area contributed by atoms with Crippen LogP contribution in [0.5, 0.6) is 0 Å². The Bertz CT molecular complexity index is 918. The van der Waals surface area contributed by atoms with Crippen LogP contribution in [0.25, 0.3) is 0 Å². The van der Waals surface area contributed by atoms with Gasteiger partial charge in [-0.15, -0.1) is 0 Å². The van der Waals surface area contributed by atoms with Gasteiger partial charge in [0.1, 0.15) is 24.1 Å². The predicted octanol–water partition coefficient (Wildman–Crippen LogP) is 2.69. The molecule has 1 aromatic heterocycles. The van der Waals surface area contributed by atoms with Crippen molar-refractivity contribution in [2.24, 2.45) is 4.99 Å². The summed E-state index contributed by atoms with van der Waals surface area (Å²) in [5.74, 6) is 1.35. The van der Waals surface area contributed by atoms with E-state index in [0.717, 1.165) is 44.3 Å². The first kappa shape index (κ1) is 21.7. The molecular formula is C22H30F2N6O. The number of hydrogen-bond donors (Lipinski definition) is 2. The number of nitrogens with zero attached hydrogens (tertiary/aromatic N) is 4. The van der Waals surface area contributed by atoms with E-state index < -0.39 is 17.0 Å². The molecule has 0 saturated heterocycles. The molecule has 0 spiro atoms. The molecule has 2 heterocycles. The van der Waals surface area contributed by atoms with E-state index in [1.54, 1.807) is 14.2 Å². The number of nitrogens with one attached hydrogen (secondary N) is 2. The lowest BCUT2D eigenvalue weighted by Gasteiger charge is -2.32. The number of aryl methyl sites for hydroxylation is 1. The average Bonchev–Trinajstić information content (AvgIpc) is 3.38. The van der Waals surface area contributed by atoms with Crippen LogP contribution in [0.1, 0.15) is 49.3 Å². The summed E-state index contributed by atoms with van der Waals surface area (Å²) in [5.41, 5.74) is -0.362. The van der Waals surface area contributed by atoms with Crippen LogP contribution in [0.4, 0.5) is 8.78 Å². The summed E-state index contributed by atoms with van der Waals surface area (Å²) in [4.78, 5) is 8.85. The number of fused-ring (bicyclic) bond motifs is 1. The molecule has 1 aliphatic heterocycles. The van der Waals surface area contributed by atoms with Crippen LogP contribution in [0, 0.1) is 11.6 Å². The van der Waals surface area contributed by atoms with Crippen LogP contribution in [-0.4, -0.2) is 47.5 Å². The zero-order chi connectivity index (χ0) is 21.8. The highest BCUT2D eigenvalue weighted by molar-refractivity contribution is 5.80. The second kappa shape index (κ2) is 9.30. The van der Waals surface area contributed by atoms with E-state index in [4.69, 9.17) is 4.74 Å². The summed E-state index contributed by atoms with van der Waals surface area (Å²) >= 11 is 0. The molecule has 7 nitrogen and oxygen atoms in total. The minimum Gasteiger partial charge on any atom is -0.377 e. The van der Waals surface area contributed by atoms with Crippen LogP contribution in [0.15, 0.2) is 23.2 Å². The SMILES string of the molecule is CN=C(NCC1(c2c(F)cccc2F)CCCC1)NC1CCc2nc(COC)nn2C1. The van der Waals surface area contributed by atoms with Crippen molar-refractivity contribution >= 4 is 5.96 Å². The molecule has 1 aliphatic carbocycles. The topological polar surface area (TPSA) is 76.4 Å². The average molecular weight is 433 g/mol. The van der Waals surface area contributed by atoms with Crippen molar-refractivity contribution in [2.75, 3.05) is 20.7 Å². The largest absolute Gasteiger partial charge is 0.377 e. The van der Waals surface area contributed by atoms with Crippen LogP contribution in [0.2, 0.25) is 0 Å². The Labute approximate surface area is 181 Å². The highest BCUT2D eigenvalue weighted by atomic mass is 19.1. The van der Waals surface area contributed by atoms with Gasteiger partial charge in [-0.3, -0.25) is 4.99 Å². The molecule has 1 fully saturated rings. The third kappa shape index (κ3) is 4.56. The lowest BCUT2D eigenvalue weighted by molar-refractivity contribution is 0.177. The van der Waals surface area contributed by atoms with Gasteiger partial charge in [0.25, 0.3) is 0 Å². The van der Waals surface area contributed by atoms with Gasteiger partial charge in [0, 0.05) is 44.1 Å². The first-order valence-electron chi connectivity index (χ1n) is 10.9. The third-order valence-electron chi connectivity index (χ3n) is 6.39. The molecule has 1 atom stereocenters. The van der Waals surface area contributed by atoms with Crippen molar-refractivity contribution in [1.82, 2.24) is 25.4 Å². The molecule has 9 heteroatoms. The lowest BCUT2D eigenvalue weighted by atomic mass is 9.78. The molecule has 1 unspecified atom stereocenters. The van der Waals surface area contributed by atoms with Crippen molar-refractivity contribution in [3.63, 3.8) is 0 Å². The van der Waals surface area contributed by atoms with E-state index in [0.29, 0.717) is 31.5 Å². The normalized spacial score (nSPS) is 20.5. The van der Waals surface area contributed by atoms with E-state index in [2.05, 4.69) is 25.7 Å². The van der Waals surface area contributed by atoms with Crippen LogP contribution in [0.3, 0.4) is 0 Å². The number of rotatable bonds is 6. The van der Waals surface area contributed by atoms with Crippen LogP contribution >= 0.6 is 0 Å². The molecule has 168 valence electrons. The van der Waals surface area contributed by atoms with Gasteiger partial charge in [0.15, 0.2) is 11.8 Å². The Morgan fingerprint density at radius 1 is 1.29 bits per heavy atom. The van der Waals surface area contributed by atoms with E-state index in [-0.39, 0.29) is 11.6 Å². The first-order valence-corrected chi connectivity index (χ1v) is 10.9. The number of methoxy groups -OCH3 is 1. The maximum absolute atomic E-state index is 14.6. The minimum atomic E-state index is -0.562. The van der Waals surface area contributed by atoms with Crippen LogP contribution < -0.4 is 10.6 Å². The van der Waals surface area contributed by atoms with Gasteiger partial charge in [-0.1, -0.05) is 18.9 Å². The number of benzene rings is 1. The molecule has 0 radical (unpaired) electrons. The van der Waals surface area contributed by atoms with E-state index in [1.165, 1.54) is 18.2 Å². The maximum atomic E-state index is 14.6. The first-order chi connectivity index (χ1) is 15.0. The van der Waals surface area contributed by atoms with Crippen molar-refractivity contribution in [1.29, 1.82) is 0 Å². The summed E-state index contributed by atoms with van der Waals surface area (Å²) in [5, 5.41) is 11.3. The highest BCUT2D eigenvalue weighted by Crippen LogP contribution is 2.42. The van der Waals surface area contributed by atoms with E-state index in [9.17, 15) is 8.78 Å². The van der Waals surface area contributed by atoms with Gasteiger partial charge in [0.05, 0.1) is 6.54 Å². The maximum Gasteiger partial charge on any atom is 0.191 e. The van der Waals surface area contributed by atoms with Gasteiger partial charge in [0.2, 0.25) is 0 Å². The fourth-order valence-corrected chi connectivity index (χ4v) is 4.88. The second-order valence-corrected chi connectivity index (χ2v) is 8.45. The molecule has 2 N–H and O–H groups in total. The number of hydrogen-bond acceptors (Lipinski definition) is 4. The van der Waals surface area contributed by atoms with Crippen molar-refractivity contribution in [2.45, 2.75) is 63.1 Å². The monoisotopic (exact) mass is 432 g/mol. The molecule has 1 aromatic carbocycles. The molecular weight excluding hydrogens is 402 g/mol. The highest BCUT2D eigenvalue weighted by Gasteiger charge is 2.40. The standard InChI is InChI=1S/C22H30F2N6O/c1-25-21(27-15-8-9-19-28-18(13-31-2)29-30(19)12-15)26-14-22(10-3-4-11-22)20-16(23)6-5-7-17(20)24/h5-7,15H,3-4,8-14H2,1-2H3,(H2,25,26,27). The molecule has 0 bridgehead atoms. The van der Waals surface area contributed by atoms with Gasteiger partial charge >= 0.3 is 0 Å². The minimum absolute atomic E-state index is 0.139. The summed E-state index contributed by atoms with van der Waals surface area (Å²) in [7, 11) is 3.34. The number of aromatic nitrogens is 3. The molecule has 4 rings (SSSR count).